The number of halogens is 3. The van der Waals surface area contributed by atoms with Crippen molar-refractivity contribution in [3.8, 4) is 5.75 Å². The lowest BCUT2D eigenvalue weighted by atomic mass is 9.92. The van der Waals surface area contributed by atoms with Gasteiger partial charge >= 0.3 is 6.36 Å². The molecule has 0 spiro atoms. The molecule has 35 heavy (non-hydrogen) atoms. The maximum atomic E-state index is 13.4. The van der Waals surface area contributed by atoms with Crippen LogP contribution in [0.4, 0.5) is 18.9 Å². The molecule has 8 heteroatoms. The van der Waals surface area contributed by atoms with Crippen LogP contribution >= 0.6 is 0 Å². The molecular weight excluding hydrogens is 457 g/mol. The van der Waals surface area contributed by atoms with Crippen LogP contribution in [-0.2, 0) is 11.2 Å². The van der Waals surface area contributed by atoms with Crippen LogP contribution in [0.2, 0.25) is 0 Å². The third-order valence-electron chi connectivity index (χ3n) is 6.82. The lowest BCUT2D eigenvalue weighted by molar-refractivity contribution is -0.274. The number of anilines is 1. The lowest BCUT2D eigenvalue weighted by Crippen LogP contribution is -2.45. The van der Waals surface area contributed by atoms with Crippen molar-refractivity contribution in [2.45, 2.75) is 32.0 Å². The fraction of sp³-hybridized carbons (Fsp3) is 0.333. The Labute approximate surface area is 201 Å². The lowest BCUT2D eigenvalue weighted by Gasteiger charge is -2.36. The quantitative estimate of drug-likeness (QED) is 0.491. The molecule has 2 aliphatic rings. The van der Waals surface area contributed by atoms with E-state index in [1.54, 1.807) is 9.80 Å². The number of rotatable bonds is 3. The largest absolute Gasteiger partial charge is 0.573 e. The Morgan fingerprint density at radius 3 is 2.43 bits per heavy atom. The number of likely N-dealkylation sites (tertiary alicyclic amines) is 1. The van der Waals surface area contributed by atoms with Crippen LogP contribution in [0.1, 0.15) is 35.2 Å². The Morgan fingerprint density at radius 2 is 1.66 bits per heavy atom. The first-order valence-electron chi connectivity index (χ1n) is 11.8. The summed E-state index contributed by atoms with van der Waals surface area (Å²) in [5, 5.41) is 1.92. The third-order valence-corrected chi connectivity index (χ3v) is 6.82. The van der Waals surface area contributed by atoms with Gasteiger partial charge in [0, 0.05) is 36.8 Å². The minimum atomic E-state index is -4.75. The van der Waals surface area contributed by atoms with Crippen molar-refractivity contribution in [1.82, 2.24) is 4.90 Å². The molecule has 2 amide bonds. The Kier molecular flexibility index (Phi) is 6.13. The normalized spacial score (nSPS) is 16.8. The van der Waals surface area contributed by atoms with Gasteiger partial charge in [0.1, 0.15) is 5.75 Å². The predicted octanol–water partition coefficient (Wildman–Crippen LogP) is 5.57. The van der Waals surface area contributed by atoms with Gasteiger partial charge in [0.2, 0.25) is 5.91 Å². The number of alkyl halides is 3. The van der Waals surface area contributed by atoms with E-state index in [1.165, 1.54) is 18.2 Å². The fourth-order valence-corrected chi connectivity index (χ4v) is 5.13. The van der Waals surface area contributed by atoms with Crippen LogP contribution in [0.3, 0.4) is 0 Å². The number of ether oxygens (including phenoxy) is 1. The number of hydrogen-bond acceptors (Lipinski definition) is 3. The van der Waals surface area contributed by atoms with E-state index in [2.05, 4.69) is 4.74 Å². The van der Waals surface area contributed by atoms with E-state index in [-0.39, 0.29) is 23.5 Å². The summed E-state index contributed by atoms with van der Waals surface area (Å²) in [5.41, 5.74) is 1.98. The molecular formula is C27H25F3N2O3. The monoisotopic (exact) mass is 482 g/mol. The summed E-state index contributed by atoms with van der Waals surface area (Å²) >= 11 is 0. The van der Waals surface area contributed by atoms with Crippen LogP contribution in [0.25, 0.3) is 10.8 Å². The van der Waals surface area contributed by atoms with E-state index >= 15 is 0 Å². The number of fused-ring (bicyclic) bond motifs is 2. The number of aryl methyl sites for hydroxylation is 1. The molecule has 5 rings (SSSR count). The van der Waals surface area contributed by atoms with Crippen LogP contribution in [0, 0.1) is 5.92 Å². The van der Waals surface area contributed by atoms with Crippen LogP contribution < -0.4 is 9.64 Å². The molecule has 0 saturated carbocycles. The van der Waals surface area contributed by atoms with Gasteiger partial charge in [-0.2, -0.15) is 0 Å². The molecule has 0 radical (unpaired) electrons. The highest BCUT2D eigenvalue weighted by molar-refractivity contribution is 6.07. The average molecular weight is 483 g/mol. The second-order valence-electron chi connectivity index (χ2n) is 9.02. The first-order chi connectivity index (χ1) is 16.8. The number of piperidine rings is 1. The summed E-state index contributed by atoms with van der Waals surface area (Å²) in [4.78, 5) is 30.1. The standard InChI is InChI=1S/C27H25F3N2O3/c28-27(29,30)35-21-10-11-24-20(17-21)7-4-14-32(24)25(33)19-12-15-31(16-13-19)26(34)23-9-3-6-18-5-1-2-8-22(18)23/h1-3,5-6,8-11,17,19H,4,7,12-16H2. The molecule has 0 bridgehead atoms. The minimum Gasteiger partial charge on any atom is -0.406 e. The van der Waals surface area contributed by atoms with E-state index in [9.17, 15) is 22.8 Å². The summed E-state index contributed by atoms with van der Waals surface area (Å²) in [6, 6.07) is 17.6. The maximum Gasteiger partial charge on any atom is 0.573 e. The number of carbonyl (C=O) groups excluding carboxylic acids is 2. The number of benzene rings is 3. The molecule has 1 saturated heterocycles. The van der Waals surface area contributed by atoms with Crippen molar-refractivity contribution >= 4 is 28.3 Å². The predicted molar refractivity (Wildman–Crippen MR) is 126 cm³/mol. The molecule has 0 aromatic heterocycles. The Balaban J connectivity index is 1.26. The number of carbonyl (C=O) groups is 2. The Hall–Kier alpha value is -3.55. The third kappa shape index (κ3) is 4.83. The van der Waals surface area contributed by atoms with Gasteiger partial charge < -0.3 is 14.5 Å². The molecule has 0 atom stereocenters. The van der Waals surface area contributed by atoms with E-state index in [0.717, 1.165) is 10.8 Å². The molecule has 0 aliphatic carbocycles. The summed E-state index contributed by atoms with van der Waals surface area (Å²) in [6.45, 7) is 1.50. The highest BCUT2D eigenvalue weighted by Crippen LogP contribution is 2.35. The van der Waals surface area contributed by atoms with Gasteiger partial charge in [0.15, 0.2) is 0 Å². The highest BCUT2D eigenvalue weighted by Gasteiger charge is 2.34. The molecule has 2 heterocycles. The van der Waals surface area contributed by atoms with Gasteiger partial charge in [0.05, 0.1) is 0 Å². The molecule has 3 aromatic rings. The second kappa shape index (κ2) is 9.24. The summed E-state index contributed by atoms with van der Waals surface area (Å²) in [6.07, 6.45) is -2.39. The Bertz CT molecular complexity index is 1260. The van der Waals surface area contributed by atoms with Crippen molar-refractivity contribution < 1.29 is 27.5 Å². The first-order valence-corrected chi connectivity index (χ1v) is 11.8. The smallest absolute Gasteiger partial charge is 0.406 e. The second-order valence-corrected chi connectivity index (χ2v) is 9.02. The van der Waals surface area contributed by atoms with Crippen LogP contribution in [-0.4, -0.2) is 42.7 Å². The summed E-state index contributed by atoms with van der Waals surface area (Å²) < 4.78 is 41.8. The zero-order valence-electron chi connectivity index (χ0n) is 19.1. The minimum absolute atomic E-state index is 0.0341. The van der Waals surface area contributed by atoms with Crippen molar-refractivity contribution in [2.24, 2.45) is 5.92 Å². The molecule has 2 aliphatic heterocycles. The maximum absolute atomic E-state index is 13.4. The van der Waals surface area contributed by atoms with Crippen molar-refractivity contribution in [3.05, 3.63) is 71.8 Å². The summed E-state index contributed by atoms with van der Waals surface area (Å²) in [7, 11) is 0. The van der Waals surface area contributed by atoms with Crippen molar-refractivity contribution in [2.75, 3.05) is 24.5 Å². The number of hydrogen-bond donors (Lipinski definition) is 0. The van der Waals surface area contributed by atoms with Crippen molar-refractivity contribution in [3.63, 3.8) is 0 Å². The van der Waals surface area contributed by atoms with E-state index in [4.69, 9.17) is 0 Å². The SMILES string of the molecule is O=C(c1cccc2ccccc12)N1CCC(C(=O)N2CCCc3cc(OC(F)(F)F)ccc32)CC1. The van der Waals surface area contributed by atoms with Gasteiger partial charge in [-0.1, -0.05) is 36.4 Å². The topological polar surface area (TPSA) is 49.9 Å². The van der Waals surface area contributed by atoms with E-state index in [0.29, 0.717) is 62.1 Å². The van der Waals surface area contributed by atoms with Crippen molar-refractivity contribution in [1.29, 1.82) is 0 Å². The molecule has 0 unspecified atom stereocenters. The number of nitrogens with zero attached hydrogens (tertiary/aromatic N) is 2. The zero-order chi connectivity index (χ0) is 24.6. The van der Waals surface area contributed by atoms with Crippen LogP contribution in [0.15, 0.2) is 60.7 Å². The molecule has 5 nitrogen and oxygen atoms in total. The summed E-state index contributed by atoms with van der Waals surface area (Å²) in [5.74, 6) is -0.574. The Morgan fingerprint density at radius 1 is 0.914 bits per heavy atom. The average Bonchev–Trinajstić information content (AvgIpc) is 2.86. The van der Waals surface area contributed by atoms with Crippen LogP contribution in [0.5, 0.6) is 5.75 Å². The number of amides is 2. The van der Waals surface area contributed by atoms with Gasteiger partial charge in [-0.25, -0.2) is 0 Å². The highest BCUT2D eigenvalue weighted by atomic mass is 19.4. The first kappa shape index (κ1) is 23.2. The van der Waals surface area contributed by atoms with Gasteiger partial charge in [-0.15, -0.1) is 13.2 Å². The van der Waals surface area contributed by atoms with E-state index < -0.39 is 6.36 Å². The molecule has 3 aromatic carbocycles. The zero-order valence-corrected chi connectivity index (χ0v) is 19.1. The van der Waals surface area contributed by atoms with Gasteiger partial charge in [0.25, 0.3) is 5.91 Å². The van der Waals surface area contributed by atoms with E-state index in [1.807, 2.05) is 42.5 Å². The van der Waals surface area contributed by atoms with Gasteiger partial charge in [-0.05, 0) is 66.3 Å². The fourth-order valence-electron chi connectivity index (χ4n) is 5.13. The molecule has 0 N–H and O–H groups in total. The van der Waals surface area contributed by atoms with Gasteiger partial charge in [-0.3, -0.25) is 9.59 Å². The molecule has 182 valence electrons. The molecule has 1 fully saturated rings.